The highest BCUT2D eigenvalue weighted by atomic mass is 35.5. The van der Waals surface area contributed by atoms with E-state index in [9.17, 15) is 14.4 Å². The molecule has 0 aliphatic carbocycles. The van der Waals surface area contributed by atoms with Crippen LogP contribution in [0.1, 0.15) is 31.0 Å². The Bertz CT molecular complexity index is 1340. The van der Waals surface area contributed by atoms with Crippen molar-refractivity contribution >= 4 is 47.3 Å². The fourth-order valence-corrected chi connectivity index (χ4v) is 4.31. The molecule has 13 heteroatoms. The minimum atomic E-state index is -0.780. The van der Waals surface area contributed by atoms with Crippen LogP contribution in [0, 0.1) is 0 Å². The Morgan fingerprint density at radius 1 is 1.15 bits per heavy atom. The lowest BCUT2D eigenvalue weighted by Gasteiger charge is -2.28. The second kappa shape index (κ2) is 14.2. The first-order valence-corrected chi connectivity index (χ1v) is 12.7. The third kappa shape index (κ3) is 7.67. The molecule has 0 unspecified atom stereocenters. The van der Waals surface area contributed by atoms with Crippen LogP contribution in [0.25, 0.3) is 0 Å². The zero-order chi connectivity index (χ0) is 29.2. The molecule has 1 aliphatic rings. The van der Waals surface area contributed by atoms with Crippen molar-refractivity contribution in [1.29, 1.82) is 0 Å². The Morgan fingerprint density at radius 3 is 2.52 bits per heavy atom. The highest BCUT2D eigenvalue weighted by molar-refractivity contribution is 6.37. The van der Waals surface area contributed by atoms with E-state index in [1.165, 1.54) is 13.3 Å². The molecule has 2 aromatic carbocycles. The van der Waals surface area contributed by atoms with Crippen molar-refractivity contribution in [2.24, 2.45) is 5.10 Å². The number of methoxy groups -OCH3 is 1. The molecule has 3 N–H and O–H groups in total. The summed E-state index contributed by atoms with van der Waals surface area (Å²) in [5, 5.41) is 9.75. The Hall–Kier alpha value is -4.22. The maximum absolute atomic E-state index is 12.6. The highest BCUT2D eigenvalue weighted by Crippen LogP contribution is 2.35. The van der Waals surface area contributed by atoms with Crippen molar-refractivity contribution in [3.05, 3.63) is 75.4 Å². The number of rotatable bonds is 12. The number of carbonyl (C=O) groups excluding carboxylic acids is 3. The molecular formula is C27H28Cl2N4O7. The summed E-state index contributed by atoms with van der Waals surface area (Å²) in [5.41, 5.74) is 4.08. The van der Waals surface area contributed by atoms with E-state index in [0.29, 0.717) is 22.6 Å². The first kappa shape index (κ1) is 30.3. The van der Waals surface area contributed by atoms with Gasteiger partial charge < -0.3 is 29.6 Å². The molecule has 0 saturated heterocycles. The molecule has 3 amide bonds. The van der Waals surface area contributed by atoms with Crippen LogP contribution in [0.2, 0.25) is 10.0 Å². The molecule has 0 aromatic heterocycles. The molecular weight excluding hydrogens is 563 g/mol. The molecule has 212 valence electrons. The summed E-state index contributed by atoms with van der Waals surface area (Å²) in [4.78, 5) is 37.0. The van der Waals surface area contributed by atoms with Crippen LogP contribution >= 0.6 is 23.2 Å². The van der Waals surface area contributed by atoms with Gasteiger partial charge >= 0.3 is 12.0 Å². The first-order valence-electron chi connectivity index (χ1n) is 12.0. The number of nitrogens with one attached hydrogen (secondary N) is 3. The molecule has 2 aromatic rings. The minimum Gasteiger partial charge on any atom is -0.493 e. The van der Waals surface area contributed by atoms with Gasteiger partial charge in [0.1, 0.15) is 6.61 Å². The average Bonchev–Trinajstić information content (AvgIpc) is 2.91. The van der Waals surface area contributed by atoms with E-state index in [-0.39, 0.29) is 46.9 Å². The number of hydrazone groups is 1. The van der Waals surface area contributed by atoms with Crippen molar-refractivity contribution in [1.82, 2.24) is 16.1 Å². The van der Waals surface area contributed by atoms with Gasteiger partial charge in [0, 0.05) is 5.70 Å². The average molecular weight is 591 g/mol. The summed E-state index contributed by atoms with van der Waals surface area (Å²) in [6.45, 7) is 6.93. The topological polar surface area (TPSA) is 137 Å². The molecule has 0 radical (unpaired) electrons. The number of hydrogen-bond donors (Lipinski definition) is 3. The molecule has 1 aliphatic heterocycles. The molecule has 3 rings (SSSR count). The van der Waals surface area contributed by atoms with Crippen LogP contribution in [-0.2, 0) is 14.3 Å². The van der Waals surface area contributed by atoms with Gasteiger partial charge in [-0.1, -0.05) is 41.9 Å². The summed E-state index contributed by atoms with van der Waals surface area (Å²) in [6, 6.07) is 6.73. The van der Waals surface area contributed by atoms with Gasteiger partial charge in [-0.25, -0.2) is 15.0 Å². The van der Waals surface area contributed by atoms with Gasteiger partial charge in [0.15, 0.2) is 23.9 Å². The van der Waals surface area contributed by atoms with Gasteiger partial charge in [0.25, 0.3) is 5.91 Å². The lowest BCUT2D eigenvalue weighted by Crippen LogP contribution is -2.45. The minimum absolute atomic E-state index is 0.178. The van der Waals surface area contributed by atoms with E-state index >= 15 is 0 Å². The van der Waals surface area contributed by atoms with Gasteiger partial charge in [-0.3, -0.25) is 4.79 Å². The van der Waals surface area contributed by atoms with E-state index < -0.39 is 23.9 Å². The normalized spacial score (nSPS) is 14.7. The summed E-state index contributed by atoms with van der Waals surface area (Å²) < 4.78 is 21.6. The van der Waals surface area contributed by atoms with Crippen molar-refractivity contribution in [2.45, 2.75) is 19.9 Å². The highest BCUT2D eigenvalue weighted by Gasteiger charge is 2.32. The van der Waals surface area contributed by atoms with Gasteiger partial charge in [-0.2, -0.15) is 5.10 Å². The summed E-state index contributed by atoms with van der Waals surface area (Å²) in [7, 11) is 1.43. The van der Waals surface area contributed by atoms with Crippen LogP contribution in [-0.4, -0.2) is 51.1 Å². The van der Waals surface area contributed by atoms with Crippen LogP contribution in [0.4, 0.5) is 4.79 Å². The Balaban J connectivity index is 1.66. The number of esters is 1. The molecule has 1 atom stereocenters. The first-order chi connectivity index (χ1) is 19.2. The smallest absolute Gasteiger partial charge is 0.338 e. The molecule has 0 saturated carbocycles. The Labute approximate surface area is 241 Å². The molecule has 1 heterocycles. The maximum Gasteiger partial charge on any atom is 0.338 e. The number of carbonyl (C=O) groups is 3. The fraction of sp³-hybridized carbons (Fsp3) is 0.259. The van der Waals surface area contributed by atoms with Crippen LogP contribution in [0.5, 0.6) is 17.2 Å². The summed E-state index contributed by atoms with van der Waals surface area (Å²) >= 11 is 12.4. The van der Waals surface area contributed by atoms with Gasteiger partial charge in [-0.05, 0) is 49.2 Å². The predicted octanol–water partition coefficient (Wildman–Crippen LogP) is 4.29. The predicted molar refractivity (Wildman–Crippen MR) is 150 cm³/mol. The number of amides is 3. The molecule has 0 bridgehead atoms. The molecule has 40 heavy (non-hydrogen) atoms. The van der Waals surface area contributed by atoms with Crippen molar-refractivity contribution in [3.63, 3.8) is 0 Å². The van der Waals surface area contributed by atoms with E-state index in [4.69, 9.17) is 42.1 Å². The van der Waals surface area contributed by atoms with E-state index in [2.05, 4.69) is 27.7 Å². The molecule has 11 nitrogen and oxygen atoms in total. The monoisotopic (exact) mass is 590 g/mol. The zero-order valence-corrected chi connectivity index (χ0v) is 23.5. The third-order valence-corrected chi connectivity index (χ3v) is 5.97. The largest absolute Gasteiger partial charge is 0.493 e. The number of hydrogen-bond acceptors (Lipinski definition) is 8. The van der Waals surface area contributed by atoms with Crippen LogP contribution in [0.15, 0.2) is 59.4 Å². The number of halogens is 2. The Morgan fingerprint density at radius 2 is 1.88 bits per heavy atom. The second-order valence-electron chi connectivity index (χ2n) is 8.20. The van der Waals surface area contributed by atoms with Crippen molar-refractivity contribution in [2.75, 3.05) is 26.9 Å². The third-order valence-electron chi connectivity index (χ3n) is 5.41. The SMILES string of the molecule is C=CCOc1c(Cl)cc(/C=N\NC(=O)COc2ccc([C@H]3NC(=O)NC(C)=C3C(=O)OCC)cc2OC)cc1Cl. The number of urea groups is 1. The van der Waals surface area contributed by atoms with E-state index in [1.807, 2.05) is 0 Å². The molecule has 0 spiro atoms. The van der Waals surface area contributed by atoms with Crippen LogP contribution in [0.3, 0.4) is 0 Å². The van der Waals surface area contributed by atoms with Crippen molar-refractivity contribution in [3.8, 4) is 17.2 Å². The molecule has 0 fully saturated rings. The Kier molecular flexibility index (Phi) is 10.8. The number of nitrogens with zero attached hydrogens (tertiary/aromatic N) is 1. The number of benzene rings is 2. The number of ether oxygens (including phenoxy) is 4. The number of allylic oxidation sites excluding steroid dienone is 1. The van der Waals surface area contributed by atoms with Crippen molar-refractivity contribution < 1.29 is 33.3 Å². The maximum atomic E-state index is 12.6. The summed E-state index contributed by atoms with van der Waals surface area (Å²) in [5.74, 6) is -0.235. The second-order valence-corrected chi connectivity index (χ2v) is 9.01. The fourth-order valence-electron chi connectivity index (χ4n) is 3.69. The van der Waals surface area contributed by atoms with E-state index in [1.54, 1.807) is 50.3 Å². The standard InChI is InChI=1S/C27H28Cl2N4O7/c1-5-9-39-25-18(28)10-16(11-19(25)29)13-30-33-22(34)14-40-20-8-7-17(12-21(20)37-4)24-23(26(35)38-6-2)15(3)31-27(36)32-24/h5,7-8,10-13,24H,1,6,9,14H2,2-4H3,(H,33,34)(H2,31,32,36)/b30-13-/t24-/m1/s1. The zero-order valence-electron chi connectivity index (χ0n) is 22.0. The summed E-state index contributed by atoms with van der Waals surface area (Å²) in [6.07, 6.45) is 2.93. The quantitative estimate of drug-likeness (QED) is 0.145. The van der Waals surface area contributed by atoms with Gasteiger partial charge in [0.05, 0.1) is 41.6 Å². The lowest BCUT2D eigenvalue weighted by molar-refractivity contribution is -0.139. The lowest BCUT2D eigenvalue weighted by atomic mass is 9.95. The van der Waals surface area contributed by atoms with Crippen LogP contribution < -0.4 is 30.3 Å². The van der Waals surface area contributed by atoms with E-state index in [0.717, 1.165) is 0 Å². The van der Waals surface area contributed by atoms with Gasteiger partial charge in [0.2, 0.25) is 0 Å². The van der Waals surface area contributed by atoms with Gasteiger partial charge in [-0.15, -0.1) is 0 Å².